The first-order valence-corrected chi connectivity index (χ1v) is 6.87. The van der Waals surface area contributed by atoms with Crippen molar-refractivity contribution < 1.29 is 0 Å². The number of aliphatic imine (C=N–C) groups is 1. The molecule has 0 unspecified atom stereocenters. The van der Waals surface area contributed by atoms with Crippen molar-refractivity contribution >= 4 is 29.9 Å². The van der Waals surface area contributed by atoms with E-state index in [1.807, 2.05) is 12.5 Å². The summed E-state index contributed by atoms with van der Waals surface area (Å²) in [6.45, 7) is 3.88. The van der Waals surface area contributed by atoms with E-state index >= 15 is 0 Å². The molecule has 2 heterocycles. The van der Waals surface area contributed by atoms with Crippen molar-refractivity contribution in [1.82, 2.24) is 14.5 Å². The van der Waals surface area contributed by atoms with E-state index in [-0.39, 0.29) is 24.0 Å². The molecule has 5 nitrogen and oxygen atoms in total. The van der Waals surface area contributed by atoms with Gasteiger partial charge in [-0.2, -0.15) is 0 Å². The highest BCUT2D eigenvalue weighted by atomic mass is 127. The van der Waals surface area contributed by atoms with Crippen molar-refractivity contribution in [3.63, 3.8) is 0 Å². The smallest absolute Gasteiger partial charge is 0.191 e. The van der Waals surface area contributed by atoms with E-state index in [1.54, 1.807) is 6.20 Å². The van der Waals surface area contributed by atoms with Crippen LogP contribution < -0.4 is 5.73 Å². The number of halogens is 1. The zero-order valence-corrected chi connectivity index (χ0v) is 13.7. The van der Waals surface area contributed by atoms with Crippen LogP contribution in [0.2, 0.25) is 0 Å². The zero-order chi connectivity index (χ0) is 12.6. The van der Waals surface area contributed by atoms with Crippen molar-refractivity contribution in [3.8, 4) is 0 Å². The number of hydrogen-bond donors (Lipinski definition) is 1. The van der Waals surface area contributed by atoms with Gasteiger partial charge in [0.25, 0.3) is 0 Å². The monoisotopic (exact) mass is 377 g/mol. The second-order valence-corrected chi connectivity index (χ2v) is 4.80. The highest BCUT2D eigenvalue weighted by Gasteiger charge is 2.10. The first-order chi connectivity index (χ1) is 8.86. The summed E-state index contributed by atoms with van der Waals surface area (Å²) < 4.78 is 2.07. The fourth-order valence-corrected chi connectivity index (χ4v) is 2.27. The molecule has 1 saturated heterocycles. The molecule has 0 amide bonds. The molecular formula is C13H24IN5. The third-order valence-electron chi connectivity index (χ3n) is 3.34. The SMILES string of the molecule is I.NC(=NCCCn1ccnc1)N1CCCCCC1. The van der Waals surface area contributed by atoms with Crippen molar-refractivity contribution in [2.24, 2.45) is 10.7 Å². The van der Waals surface area contributed by atoms with Gasteiger partial charge in [0.15, 0.2) is 5.96 Å². The van der Waals surface area contributed by atoms with Gasteiger partial charge in [0.1, 0.15) is 0 Å². The molecule has 0 bridgehead atoms. The predicted molar refractivity (Wildman–Crippen MR) is 88.8 cm³/mol. The maximum Gasteiger partial charge on any atom is 0.191 e. The van der Waals surface area contributed by atoms with E-state index in [9.17, 15) is 0 Å². The summed E-state index contributed by atoms with van der Waals surface area (Å²) in [5.41, 5.74) is 6.03. The van der Waals surface area contributed by atoms with E-state index in [4.69, 9.17) is 5.73 Å². The molecule has 1 aliphatic heterocycles. The predicted octanol–water partition coefficient (Wildman–Crippen LogP) is 2.08. The second kappa shape index (κ2) is 9.17. The summed E-state index contributed by atoms with van der Waals surface area (Å²) in [5.74, 6) is 0.725. The van der Waals surface area contributed by atoms with Gasteiger partial charge >= 0.3 is 0 Å². The van der Waals surface area contributed by atoms with E-state index in [2.05, 4.69) is 19.4 Å². The average molecular weight is 377 g/mol. The van der Waals surface area contributed by atoms with Gasteiger partial charge in [0.2, 0.25) is 0 Å². The lowest BCUT2D eigenvalue weighted by molar-refractivity contribution is 0.428. The Balaban J connectivity index is 0.00000180. The molecule has 0 atom stereocenters. The number of nitrogens with zero attached hydrogens (tertiary/aromatic N) is 4. The minimum atomic E-state index is 0. The van der Waals surface area contributed by atoms with Crippen LogP contribution in [0.5, 0.6) is 0 Å². The van der Waals surface area contributed by atoms with Crippen molar-refractivity contribution in [2.75, 3.05) is 19.6 Å². The standard InChI is InChI=1S/C13H23N5.HI/c14-13(18-9-3-1-2-4-10-18)16-6-5-8-17-11-7-15-12-17;/h7,11-12H,1-6,8-10H2,(H2,14,16);1H. The van der Waals surface area contributed by atoms with Crippen LogP contribution in [0.1, 0.15) is 32.1 Å². The Morgan fingerprint density at radius 3 is 2.58 bits per heavy atom. The first kappa shape index (κ1) is 16.3. The summed E-state index contributed by atoms with van der Waals surface area (Å²) in [5, 5.41) is 0. The van der Waals surface area contributed by atoms with E-state index < -0.39 is 0 Å². The average Bonchev–Trinajstić information content (AvgIpc) is 2.74. The second-order valence-electron chi connectivity index (χ2n) is 4.80. The molecule has 0 aromatic carbocycles. The zero-order valence-electron chi connectivity index (χ0n) is 11.4. The molecule has 0 radical (unpaired) electrons. The Labute approximate surface area is 132 Å². The Bertz CT molecular complexity index is 355. The molecule has 2 rings (SSSR count). The molecule has 1 aromatic heterocycles. The fourth-order valence-electron chi connectivity index (χ4n) is 2.27. The maximum absolute atomic E-state index is 6.03. The van der Waals surface area contributed by atoms with E-state index in [0.717, 1.165) is 38.6 Å². The van der Waals surface area contributed by atoms with Crippen LogP contribution in [0.4, 0.5) is 0 Å². The summed E-state index contributed by atoms with van der Waals surface area (Å²) in [6, 6.07) is 0. The van der Waals surface area contributed by atoms with Gasteiger partial charge < -0.3 is 15.2 Å². The van der Waals surface area contributed by atoms with Gasteiger partial charge in [-0.15, -0.1) is 24.0 Å². The van der Waals surface area contributed by atoms with Crippen molar-refractivity contribution in [2.45, 2.75) is 38.6 Å². The molecular weight excluding hydrogens is 353 g/mol. The Morgan fingerprint density at radius 2 is 1.95 bits per heavy atom. The number of likely N-dealkylation sites (tertiary alicyclic amines) is 1. The molecule has 2 N–H and O–H groups in total. The van der Waals surface area contributed by atoms with Gasteiger partial charge in [-0.05, 0) is 19.3 Å². The van der Waals surface area contributed by atoms with Gasteiger partial charge in [-0.1, -0.05) is 12.8 Å². The largest absolute Gasteiger partial charge is 0.370 e. The third-order valence-corrected chi connectivity index (χ3v) is 3.34. The lowest BCUT2D eigenvalue weighted by atomic mass is 10.2. The van der Waals surface area contributed by atoms with Gasteiger partial charge in [-0.25, -0.2) is 4.98 Å². The lowest BCUT2D eigenvalue weighted by Gasteiger charge is -2.21. The van der Waals surface area contributed by atoms with Gasteiger partial charge in [-0.3, -0.25) is 4.99 Å². The van der Waals surface area contributed by atoms with Crippen molar-refractivity contribution in [1.29, 1.82) is 0 Å². The van der Waals surface area contributed by atoms with E-state index in [0.29, 0.717) is 0 Å². The number of nitrogens with two attached hydrogens (primary N) is 1. The third kappa shape index (κ3) is 5.80. The van der Waals surface area contributed by atoms with Crippen LogP contribution in [0.3, 0.4) is 0 Å². The molecule has 19 heavy (non-hydrogen) atoms. The normalized spacial score (nSPS) is 16.8. The Morgan fingerprint density at radius 1 is 1.21 bits per heavy atom. The summed E-state index contributed by atoms with van der Waals surface area (Å²) in [6.07, 6.45) is 11.7. The van der Waals surface area contributed by atoms with E-state index in [1.165, 1.54) is 25.7 Å². The number of imidazole rings is 1. The fraction of sp³-hybridized carbons (Fsp3) is 0.692. The number of aryl methyl sites for hydroxylation is 1. The minimum Gasteiger partial charge on any atom is -0.370 e. The van der Waals surface area contributed by atoms with Crippen LogP contribution in [-0.2, 0) is 6.54 Å². The number of rotatable bonds is 4. The quantitative estimate of drug-likeness (QED) is 0.378. The maximum atomic E-state index is 6.03. The number of guanidine groups is 1. The highest BCUT2D eigenvalue weighted by molar-refractivity contribution is 14.0. The van der Waals surface area contributed by atoms with Gasteiger partial charge in [0, 0.05) is 38.6 Å². The minimum absolute atomic E-state index is 0. The van der Waals surface area contributed by atoms with Gasteiger partial charge in [0.05, 0.1) is 6.33 Å². The Kier molecular flexibility index (Phi) is 7.85. The molecule has 1 aliphatic rings. The topological polar surface area (TPSA) is 59.4 Å². The van der Waals surface area contributed by atoms with Crippen LogP contribution in [0.25, 0.3) is 0 Å². The molecule has 1 fully saturated rings. The van der Waals surface area contributed by atoms with Crippen LogP contribution in [0, 0.1) is 0 Å². The number of aromatic nitrogens is 2. The molecule has 1 aromatic rings. The molecule has 0 saturated carbocycles. The lowest BCUT2D eigenvalue weighted by Crippen LogP contribution is -2.38. The summed E-state index contributed by atoms with van der Waals surface area (Å²) in [7, 11) is 0. The van der Waals surface area contributed by atoms with Crippen LogP contribution >= 0.6 is 24.0 Å². The van der Waals surface area contributed by atoms with Crippen LogP contribution in [-0.4, -0.2) is 40.0 Å². The molecule has 6 heteroatoms. The molecule has 0 spiro atoms. The van der Waals surface area contributed by atoms with Crippen LogP contribution in [0.15, 0.2) is 23.7 Å². The number of hydrogen-bond acceptors (Lipinski definition) is 2. The molecule has 0 aliphatic carbocycles. The Hall–Kier alpha value is -0.790. The van der Waals surface area contributed by atoms with Crippen molar-refractivity contribution in [3.05, 3.63) is 18.7 Å². The molecule has 108 valence electrons. The highest BCUT2D eigenvalue weighted by Crippen LogP contribution is 2.09. The summed E-state index contributed by atoms with van der Waals surface area (Å²) >= 11 is 0. The summed E-state index contributed by atoms with van der Waals surface area (Å²) in [4.78, 5) is 10.7. The first-order valence-electron chi connectivity index (χ1n) is 6.87.